The van der Waals surface area contributed by atoms with Gasteiger partial charge in [-0.1, -0.05) is 0 Å². The number of carbonyl (C=O) groups is 1. The third-order valence-corrected chi connectivity index (χ3v) is 4.80. The van der Waals surface area contributed by atoms with E-state index in [1.165, 1.54) is 13.1 Å². The van der Waals surface area contributed by atoms with Crippen molar-refractivity contribution in [3.63, 3.8) is 0 Å². The molecule has 6 heteroatoms. The van der Waals surface area contributed by atoms with Crippen molar-refractivity contribution in [1.29, 1.82) is 0 Å². The summed E-state index contributed by atoms with van der Waals surface area (Å²) < 4.78 is 22.4. The zero-order chi connectivity index (χ0) is 10.9. The number of carbonyl (C=O) groups excluding carboxylic acids is 1. The number of thiazole rings is 1. The summed E-state index contributed by atoms with van der Waals surface area (Å²) >= 11 is 1.14. The van der Waals surface area contributed by atoms with E-state index in [0.29, 0.717) is 9.88 Å². The quantitative estimate of drug-likeness (QED) is 0.741. The van der Waals surface area contributed by atoms with Crippen LogP contribution in [0, 0.1) is 0 Å². The Morgan fingerprint density at radius 2 is 2.14 bits per heavy atom. The molecule has 0 aliphatic carbocycles. The molecule has 0 amide bonds. The molecule has 0 saturated carbocycles. The summed E-state index contributed by atoms with van der Waals surface area (Å²) in [4.78, 5) is 15.4. The molecule has 0 fully saturated rings. The van der Waals surface area contributed by atoms with Crippen molar-refractivity contribution in [2.45, 2.75) is 19.1 Å². The lowest BCUT2D eigenvalue weighted by molar-refractivity contribution is 0.102. The highest BCUT2D eigenvalue weighted by molar-refractivity contribution is 7.91. The molecule has 1 aromatic rings. The zero-order valence-corrected chi connectivity index (χ0v) is 9.78. The molecule has 78 valence electrons. The van der Waals surface area contributed by atoms with Crippen molar-refractivity contribution in [3.8, 4) is 0 Å². The molecule has 0 saturated heterocycles. The summed E-state index contributed by atoms with van der Waals surface area (Å²) in [6, 6.07) is 0. The van der Waals surface area contributed by atoms with Gasteiger partial charge in [-0.25, -0.2) is 13.4 Å². The first-order valence-electron chi connectivity index (χ1n) is 3.98. The summed E-state index contributed by atoms with van der Waals surface area (Å²) in [5.41, 5.74) is 0. The van der Waals surface area contributed by atoms with Crippen LogP contribution in [-0.4, -0.2) is 25.4 Å². The molecule has 1 rings (SSSR count). The van der Waals surface area contributed by atoms with Crippen LogP contribution in [0.4, 0.5) is 0 Å². The van der Waals surface area contributed by atoms with E-state index in [1.807, 2.05) is 0 Å². The lowest BCUT2D eigenvalue weighted by atomic mass is 10.4. The maximum absolute atomic E-state index is 11.2. The van der Waals surface area contributed by atoms with Crippen LogP contribution in [0.5, 0.6) is 0 Å². The molecule has 1 heterocycles. The van der Waals surface area contributed by atoms with E-state index in [0.717, 1.165) is 17.6 Å². The number of hydrogen-bond acceptors (Lipinski definition) is 5. The average Bonchev–Trinajstić information content (AvgIpc) is 2.48. The lowest BCUT2D eigenvalue weighted by Crippen LogP contribution is -2.06. The van der Waals surface area contributed by atoms with Crippen LogP contribution in [-0.2, 0) is 9.84 Å². The topological polar surface area (TPSA) is 64.1 Å². The summed E-state index contributed by atoms with van der Waals surface area (Å²) in [7, 11) is -3.13. The number of sulfone groups is 1. The maximum Gasteiger partial charge on any atom is 0.171 e. The second kappa shape index (κ2) is 3.78. The Hall–Kier alpha value is -0.750. The van der Waals surface area contributed by atoms with Gasteiger partial charge in [0.1, 0.15) is 10.3 Å². The van der Waals surface area contributed by atoms with Gasteiger partial charge in [-0.15, -0.1) is 11.3 Å². The van der Waals surface area contributed by atoms with E-state index in [-0.39, 0.29) is 5.78 Å². The highest BCUT2D eigenvalue weighted by Crippen LogP contribution is 2.25. The normalized spacial score (nSPS) is 13.9. The molecular weight excluding hydrogens is 222 g/mol. The first-order chi connectivity index (χ1) is 6.32. The van der Waals surface area contributed by atoms with Crippen molar-refractivity contribution in [1.82, 2.24) is 4.98 Å². The molecule has 0 radical (unpaired) electrons. The smallest absolute Gasteiger partial charge is 0.171 e. The van der Waals surface area contributed by atoms with E-state index < -0.39 is 15.1 Å². The van der Waals surface area contributed by atoms with E-state index in [4.69, 9.17) is 0 Å². The van der Waals surface area contributed by atoms with Gasteiger partial charge in [0.2, 0.25) is 0 Å². The summed E-state index contributed by atoms with van der Waals surface area (Å²) in [5.74, 6) is -0.0885. The number of ketones is 1. The molecule has 0 N–H and O–H groups in total. The van der Waals surface area contributed by atoms with Gasteiger partial charge in [-0.3, -0.25) is 4.79 Å². The highest BCUT2D eigenvalue weighted by Gasteiger charge is 2.21. The minimum absolute atomic E-state index is 0.0885. The third-order valence-electron chi connectivity index (χ3n) is 1.86. The monoisotopic (exact) mass is 233 g/mol. The third kappa shape index (κ3) is 2.39. The molecule has 0 bridgehead atoms. The molecule has 1 unspecified atom stereocenters. The number of hydrogen-bond donors (Lipinski definition) is 0. The van der Waals surface area contributed by atoms with Gasteiger partial charge in [0.15, 0.2) is 15.6 Å². The standard InChI is InChI=1S/C8H11NO3S2/c1-5(10)7-4-9-8(13-7)6(2)14(3,11)12/h4,6H,1-3H3. The van der Waals surface area contributed by atoms with Gasteiger partial charge in [0.25, 0.3) is 0 Å². The predicted octanol–water partition coefficient (Wildman–Crippen LogP) is 1.45. The van der Waals surface area contributed by atoms with E-state index in [1.54, 1.807) is 6.92 Å². The molecule has 0 aliphatic heterocycles. The van der Waals surface area contributed by atoms with Crippen molar-refractivity contribution in [3.05, 3.63) is 16.1 Å². The number of rotatable bonds is 3. The predicted molar refractivity (Wildman–Crippen MR) is 55.4 cm³/mol. The highest BCUT2D eigenvalue weighted by atomic mass is 32.2. The van der Waals surface area contributed by atoms with E-state index in [2.05, 4.69) is 4.98 Å². The van der Waals surface area contributed by atoms with Gasteiger partial charge in [0, 0.05) is 19.4 Å². The fourth-order valence-electron chi connectivity index (χ4n) is 0.821. The van der Waals surface area contributed by atoms with E-state index >= 15 is 0 Å². The molecular formula is C8H11NO3S2. The van der Waals surface area contributed by atoms with Crippen molar-refractivity contribution in [2.75, 3.05) is 6.26 Å². The molecule has 0 spiro atoms. The average molecular weight is 233 g/mol. The first kappa shape index (κ1) is 11.3. The lowest BCUT2D eigenvalue weighted by Gasteiger charge is -2.03. The molecule has 14 heavy (non-hydrogen) atoms. The van der Waals surface area contributed by atoms with E-state index in [9.17, 15) is 13.2 Å². The molecule has 0 aromatic carbocycles. The van der Waals surface area contributed by atoms with Crippen LogP contribution < -0.4 is 0 Å². The first-order valence-corrected chi connectivity index (χ1v) is 6.75. The minimum atomic E-state index is -3.13. The minimum Gasteiger partial charge on any atom is -0.294 e. The van der Waals surface area contributed by atoms with Crippen molar-refractivity contribution >= 4 is 27.0 Å². The Kier molecular flexibility index (Phi) is 3.06. The van der Waals surface area contributed by atoms with Crippen LogP contribution in [0.15, 0.2) is 6.20 Å². The summed E-state index contributed by atoms with van der Waals surface area (Å²) in [6.07, 6.45) is 2.58. The molecule has 1 atom stereocenters. The van der Waals surface area contributed by atoms with Crippen LogP contribution in [0.2, 0.25) is 0 Å². The van der Waals surface area contributed by atoms with Crippen LogP contribution in [0.3, 0.4) is 0 Å². The number of Topliss-reactive ketones (excluding diaryl/α,β-unsaturated/α-hetero) is 1. The Morgan fingerprint density at radius 1 is 1.57 bits per heavy atom. The second-order valence-corrected chi connectivity index (χ2v) is 6.52. The Morgan fingerprint density at radius 3 is 2.50 bits per heavy atom. The Bertz CT molecular complexity index is 447. The summed E-state index contributed by atoms with van der Waals surface area (Å²) in [5, 5.41) is -0.168. The molecule has 4 nitrogen and oxygen atoms in total. The Balaban J connectivity index is 3.04. The number of nitrogens with zero attached hydrogens (tertiary/aromatic N) is 1. The molecule has 0 aliphatic rings. The summed E-state index contributed by atoms with van der Waals surface area (Å²) in [6.45, 7) is 3.00. The van der Waals surface area contributed by atoms with Crippen molar-refractivity contribution in [2.24, 2.45) is 0 Å². The van der Waals surface area contributed by atoms with Crippen molar-refractivity contribution < 1.29 is 13.2 Å². The second-order valence-electron chi connectivity index (χ2n) is 3.09. The molecule has 1 aromatic heterocycles. The van der Waals surface area contributed by atoms with Gasteiger partial charge in [-0.05, 0) is 6.92 Å². The van der Waals surface area contributed by atoms with Gasteiger partial charge in [0.05, 0.1) is 4.88 Å². The Labute approximate surface area is 86.9 Å². The van der Waals surface area contributed by atoms with Crippen LogP contribution >= 0.6 is 11.3 Å². The largest absolute Gasteiger partial charge is 0.294 e. The fraction of sp³-hybridized carbons (Fsp3) is 0.500. The van der Waals surface area contributed by atoms with Gasteiger partial charge in [-0.2, -0.15) is 0 Å². The zero-order valence-electron chi connectivity index (χ0n) is 8.14. The SMILES string of the molecule is CC(=O)c1cnc(C(C)S(C)(=O)=O)s1. The fourth-order valence-corrected chi connectivity index (χ4v) is 2.66. The maximum atomic E-state index is 11.2. The van der Waals surface area contributed by atoms with Gasteiger partial charge < -0.3 is 0 Å². The van der Waals surface area contributed by atoms with Crippen LogP contribution in [0.1, 0.15) is 33.8 Å². The van der Waals surface area contributed by atoms with Gasteiger partial charge >= 0.3 is 0 Å². The van der Waals surface area contributed by atoms with Crippen LogP contribution in [0.25, 0.3) is 0 Å². The number of aromatic nitrogens is 1.